The number of hydrogen-bond donors (Lipinski definition) is 1. The Morgan fingerprint density at radius 1 is 1.44 bits per heavy atom. The van der Waals surface area contributed by atoms with Gasteiger partial charge in [-0.2, -0.15) is 0 Å². The first kappa shape index (κ1) is 15.4. The highest BCUT2D eigenvalue weighted by Gasteiger charge is 2.25. The maximum absolute atomic E-state index is 12.1. The molecule has 1 fully saturated rings. The lowest BCUT2D eigenvalue weighted by molar-refractivity contribution is -0.132. The lowest BCUT2D eigenvalue weighted by Gasteiger charge is -2.29. The minimum Gasteiger partial charge on any atom is -0.392 e. The molecule has 1 aliphatic heterocycles. The van der Waals surface area contributed by atoms with Gasteiger partial charge in [0.25, 0.3) is 0 Å². The van der Waals surface area contributed by atoms with E-state index in [1.807, 2.05) is 4.90 Å². The summed E-state index contributed by atoms with van der Waals surface area (Å²) in [7, 11) is 0. The Bertz CT molecular complexity index is 267. The molecule has 0 spiro atoms. The molecular formula is C14H28N2O2. The minimum absolute atomic E-state index is 0.260. The van der Waals surface area contributed by atoms with Gasteiger partial charge in [0.05, 0.1) is 6.10 Å². The van der Waals surface area contributed by atoms with Crippen LogP contribution in [0.5, 0.6) is 0 Å². The standard InChI is InChI=1S/C14H28N2O2/c1-11(2)15(10-13(4)17)9-7-14(18)16-8-5-6-12(16)3/h11-13,17H,5-10H2,1-4H3. The van der Waals surface area contributed by atoms with E-state index in [1.165, 1.54) is 0 Å². The minimum atomic E-state index is -0.340. The number of carbonyl (C=O) groups excluding carboxylic acids is 1. The van der Waals surface area contributed by atoms with Crippen LogP contribution in [0.25, 0.3) is 0 Å². The van der Waals surface area contributed by atoms with Crippen molar-refractivity contribution < 1.29 is 9.90 Å². The van der Waals surface area contributed by atoms with Gasteiger partial charge in [-0.05, 0) is 40.5 Å². The van der Waals surface area contributed by atoms with E-state index in [1.54, 1.807) is 6.92 Å². The highest BCUT2D eigenvalue weighted by atomic mass is 16.3. The first-order valence-corrected chi connectivity index (χ1v) is 7.13. The maximum Gasteiger partial charge on any atom is 0.224 e. The maximum atomic E-state index is 12.1. The Balaban J connectivity index is 2.39. The van der Waals surface area contributed by atoms with Crippen molar-refractivity contribution in [2.24, 2.45) is 0 Å². The predicted molar refractivity (Wildman–Crippen MR) is 73.4 cm³/mol. The van der Waals surface area contributed by atoms with Gasteiger partial charge < -0.3 is 10.0 Å². The highest BCUT2D eigenvalue weighted by Crippen LogP contribution is 2.17. The Hall–Kier alpha value is -0.610. The average molecular weight is 256 g/mol. The Labute approximate surface area is 111 Å². The molecule has 1 aliphatic rings. The van der Waals surface area contributed by atoms with Crippen molar-refractivity contribution >= 4 is 5.91 Å². The summed E-state index contributed by atoms with van der Waals surface area (Å²) >= 11 is 0. The van der Waals surface area contributed by atoms with Crippen molar-refractivity contribution in [1.82, 2.24) is 9.80 Å². The van der Waals surface area contributed by atoms with E-state index in [9.17, 15) is 9.90 Å². The van der Waals surface area contributed by atoms with Crippen LogP contribution >= 0.6 is 0 Å². The van der Waals surface area contributed by atoms with Crippen molar-refractivity contribution in [2.75, 3.05) is 19.6 Å². The zero-order valence-corrected chi connectivity index (χ0v) is 12.2. The van der Waals surface area contributed by atoms with Gasteiger partial charge in [0, 0.05) is 38.1 Å². The lowest BCUT2D eigenvalue weighted by atomic mass is 10.2. The number of carbonyl (C=O) groups is 1. The number of likely N-dealkylation sites (tertiary alicyclic amines) is 1. The SMILES string of the molecule is CC(O)CN(CCC(=O)N1CCCC1C)C(C)C. The molecule has 1 saturated heterocycles. The molecular weight excluding hydrogens is 228 g/mol. The summed E-state index contributed by atoms with van der Waals surface area (Å²) in [6.45, 7) is 10.4. The van der Waals surface area contributed by atoms with Gasteiger partial charge in [-0.1, -0.05) is 0 Å². The van der Waals surface area contributed by atoms with Crippen molar-refractivity contribution in [1.29, 1.82) is 0 Å². The monoisotopic (exact) mass is 256 g/mol. The third-order valence-electron chi connectivity index (χ3n) is 3.72. The van der Waals surface area contributed by atoms with Crippen molar-refractivity contribution in [3.05, 3.63) is 0 Å². The van der Waals surface area contributed by atoms with E-state index < -0.39 is 0 Å². The number of rotatable bonds is 6. The molecule has 0 saturated carbocycles. The molecule has 1 amide bonds. The highest BCUT2D eigenvalue weighted by molar-refractivity contribution is 5.77. The van der Waals surface area contributed by atoms with Crippen LogP contribution in [0.15, 0.2) is 0 Å². The van der Waals surface area contributed by atoms with E-state index in [-0.39, 0.29) is 12.0 Å². The summed E-state index contributed by atoms with van der Waals surface area (Å²) in [6.07, 6.45) is 2.49. The van der Waals surface area contributed by atoms with Crippen LogP contribution in [0.3, 0.4) is 0 Å². The topological polar surface area (TPSA) is 43.8 Å². The zero-order chi connectivity index (χ0) is 13.7. The van der Waals surface area contributed by atoms with E-state index in [0.717, 1.165) is 25.9 Å². The Kier molecular flexibility index (Phi) is 6.09. The van der Waals surface area contributed by atoms with Crippen LogP contribution in [-0.2, 0) is 4.79 Å². The van der Waals surface area contributed by atoms with Gasteiger partial charge in [0.15, 0.2) is 0 Å². The molecule has 1 N–H and O–H groups in total. The smallest absolute Gasteiger partial charge is 0.224 e. The quantitative estimate of drug-likeness (QED) is 0.783. The Morgan fingerprint density at radius 3 is 2.56 bits per heavy atom. The first-order chi connectivity index (χ1) is 8.41. The molecule has 1 heterocycles. The molecule has 0 bridgehead atoms. The summed E-state index contributed by atoms with van der Waals surface area (Å²) in [5.41, 5.74) is 0. The van der Waals surface area contributed by atoms with Crippen LogP contribution in [0.2, 0.25) is 0 Å². The van der Waals surface area contributed by atoms with Gasteiger partial charge in [-0.25, -0.2) is 0 Å². The summed E-state index contributed by atoms with van der Waals surface area (Å²) in [5, 5.41) is 9.45. The van der Waals surface area contributed by atoms with Gasteiger partial charge in [-0.15, -0.1) is 0 Å². The second-order valence-electron chi connectivity index (χ2n) is 5.77. The molecule has 0 aromatic carbocycles. The summed E-state index contributed by atoms with van der Waals surface area (Å²) in [4.78, 5) is 16.3. The third kappa shape index (κ3) is 4.58. The molecule has 2 unspecified atom stereocenters. The fourth-order valence-corrected chi connectivity index (χ4v) is 2.59. The number of aliphatic hydroxyl groups excluding tert-OH is 1. The predicted octanol–water partition coefficient (Wildman–Crippen LogP) is 1.48. The molecule has 2 atom stereocenters. The van der Waals surface area contributed by atoms with Crippen LogP contribution in [0, 0.1) is 0 Å². The third-order valence-corrected chi connectivity index (χ3v) is 3.72. The molecule has 0 radical (unpaired) electrons. The van der Waals surface area contributed by atoms with Gasteiger partial charge in [0.2, 0.25) is 5.91 Å². The number of nitrogens with zero attached hydrogens (tertiary/aromatic N) is 2. The van der Waals surface area contributed by atoms with E-state index >= 15 is 0 Å². The van der Waals surface area contributed by atoms with Crippen molar-refractivity contribution in [3.63, 3.8) is 0 Å². The van der Waals surface area contributed by atoms with Crippen molar-refractivity contribution in [3.8, 4) is 0 Å². The molecule has 4 heteroatoms. The number of aliphatic hydroxyl groups is 1. The van der Waals surface area contributed by atoms with Crippen LogP contribution in [-0.4, -0.2) is 58.6 Å². The molecule has 1 rings (SSSR count). The number of hydrogen-bond acceptors (Lipinski definition) is 3. The largest absolute Gasteiger partial charge is 0.392 e. The molecule has 4 nitrogen and oxygen atoms in total. The number of amides is 1. The normalized spacial score (nSPS) is 21.9. The van der Waals surface area contributed by atoms with E-state index in [4.69, 9.17) is 0 Å². The molecule has 0 aromatic heterocycles. The summed E-state index contributed by atoms with van der Waals surface area (Å²) < 4.78 is 0. The lowest BCUT2D eigenvalue weighted by Crippen LogP contribution is -2.41. The fraction of sp³-hybridized carbons (Fsp3) is 0.929. The van der Waals surface area contributed by atoms with Gasteiger partial charge in [0.1, 0.15) is 0 Å². The van der Waals surface area contributed by atoms with Crippen LogP contribution in [0.1, 0.15) is 47.0 Å². The Morgan fingerprint density at radius 2 is 2.11 bits per heavy atom. The van der Waals surface area contributed by atoms with Gasteiger partial charge >= 0.3 is 0 Å². The van der Waals surface area contributed by atoms with E-state index in [0.29, 0.717) is 25.0 Å². The molecule has 0 aliphatic carbocycles. The average Bonchev–Trinajstić information content (AvgIpc) is 2.69. The second kappa shape index (κ2) is 7.10. The molecule has 106 valence electrons. The van der Waals surface area contributed by atoms with Gasteiger partial charge in [-0.3, -0.25) is 9.69 Å². The summed E-state index contributed by atoms with van der Waals surface area (Å²) in [5.74, 6) is 0.260. The van der Waals surface area contributed by atoms with Crippen molar-refractivity contribution in [2.45, 2.75) is 65.1 Å². The summed E-state index contributed by atoms with van der Waals surface area (Å²) in [6, 6.07) is 0.769. The zero-order valence-electron chi connectivity index (χ0n) is 12.2. The van der Waals surface area contributed by atoms with E-state index in [2.05, 4.69) is 25.7 Å². The molecule has 0 aromatic rings. The van der Waals surface area contributed by atoms with Crippen LogP contribution < -0.4 is 0 Å². The fourth-order valence-electron chi connectivity index (χ4n) is 2.59. The second-order valence-corrected chi connectivity index (χ2v) is 5.77. The molecule has 18 heavy (non-hydrogen) atoms. The van der Waals surface area contributed by atoms with Crippen LogP contribution in [0.4, 0.5) is 0 Å². The first-order valence-electron chi connectivity index (χ1n) is 7.13.